The topological polar surface area (TPSA) is 44.5 Å². The van der Waals surface area contributed by atoms with Crippen LogP contribution in [0.1, 0.15) is 17.2 Å². The van der Waals surface area contributed by atoms with Gasteiger partial charge in [0.15, 0.2) is 0 Å². The molecule has 0 heterocycles. The average molecular weight is 297 g/mol. The third-order valence-corrected chi connectivity index (χ3v) is 2.90. The third kappa shape index (κ3) is 4.13. The molecule has 0 aliphatic carbocycles. The van der Waals surface area contributed by atoms with Crippen LogP contribution in [-0.2, 0) is 0 Å². The number of hydrogen-bond donors (Lipinski definition) is 1. The van der Waals surface area contributed by atoms with E-state index in [1.54, 1.807) is 30.3 Å². The van der Waals surface area contributed by atoms with E-state index in [-0.39, 0.29) is 5.75 Å². The highest BCUT2D eigenvalue weighted by atomic mass is 19.4. The van der Waals surface area contributed by atoms with E-state index >= 15 is 0 Å². The minimum absolute atomic E-state index is 0.293. The molecule has 0 amide bonds. The zero-order valence-corrected chi connectivity index (χ0v) is 11.2. The van der Waals surface area contributed by atoms with Gasteiger partial charge in [0.1, 0.15) is 11.5 Å². The summed E-state index contributed by atoms with van der Waals surface area (Å²) in [6, 6.07) is 12.1. The van der Waals surface area contributed by atoms with Crippen molar-refractivity contribution in [2.24, 2.45) is 5.73 Å². The van der Waals surface area contributed by atoms with Gasteiger partial charge in [-0.1, -0.05) is 24.3 Å². The smallest absolute Gasteiger partial charge is 0.497 e. The molecule has 0 saturated carbocycles. The molecular formula is C15H14F3NO2. The van der Waals surface area contributed by atoms with Crippen molar-refractivity contribution in [1.29, 1.82) is 0 Å². The number of ether oxygens (including phenoxy) is 2. The molecule has 1 unspecified atom stereocenters. The summed E-state index contributed by atoms with van der Waals surface area (Å²) >= 11 is 0. The Morgan fingerprint density at radius 1 is 0.952 bits per heavy atom. The molecule has 21 heavy (non-hydrogen) atoms. The van der Waals surface area contributed by atoms with Gasteiger partial charge in [-0.2, -0.15) is 0 Å². The largest absolute Gasteiger partial charge is 0.573 e. The fourth-order valence-electron chi connectivity index (χ4n) is 1.93. The van der Waals surface area contributed by atoms with E-state index in [1.807, 2.05) is 0 Å². The van der Waals surface area contributed by atoms with Crippen LogP contribution in [0.5, 0.6) is 11.5 Å². The van der Waals surface area contributed by atoms with E-state index in [2.05, 4.69) is 4.74 Å². The van der Waals surface area contributed by atoms with Crippen LogP contribution in [0.25, 0.3) is 0 Å². The Morgan fingerprint density at radius 3 is 2.00 bits per heavy atom. The predicted octanol–water partition coefficient (Wildman–Crippen LogP) is 3.64. The van der Waals surface area contributed by atoms with E-state index < -0.39 is 12.4 Å². The van der Waals surface area contributed by atoms with Gasteiger partial charge in [-0.25, -0.2) is 0 Å². The third-order valence-electron chi connectivity index (χ3n) is 2.90. The van der Waals surface area contributed by atoms with Crippen LogP contribution in [-0.4, -0.2) is 13.5 Å². The lowest BCUT2D eigenvalue weighted by atomic mass is 9.99. The molecule has 0 aliphatic heterocycles. The first-order chi connectivity index (χ1) is 9.89. The number of hydrogen-bond acceptors (Lipinski definition) is 3. The molecule has 2 N–H and O–H groups in total. The Hall–Kier alpha value is -2.21. The SMILES string of the molecule is COc1cccc(C(N)c2cccc(OC(F)(F)F)c2)c1. The van der Waals surface area contributed by atoms with Crippen molar-refractivity contribution < 1.29 is 22.6 Å². The van der Waals surface area contributed by atoms with E-state index in [0.29, 0.717) is 11.3 Å². The first kappa shape index (κ1) is 15.2. The van der Waals surface area contributed by atoms with Crippen molar-refractivity contribution in [3.8, 4) is 11.5 Å². The Morgan fingerprint density at radius 2 is 1.48 bits per heavy atom. The predicted molar refractivity (Wildman–Crippen MR) is 72.1 cm³/mol. The summed E-state index contributed by atoms with van der Waals surface area (Å²) in [4.78, 5) is 0. The standard InChI is InChI=1S/C15H14F3NO2/c1-20-12-6-2-4-10(8-12)14(19)11-5-3-7-13(9-11)21-15(16,17)18/h2-9,14H,19H2,1H3. The maximum absolute atomic E-state index is 12.2. The van der Waals surface area contributed by atoms with Gasteiger partial charge >= 0.3 is 6.36 Å². The lowest BCUT2D eigenvalue weighted by molar-refractivity contribution is -0.274. The van der Waals surface area contributed by atoms with Gasteiger partial charge in [-0.3, -0.25) is 0 Å². The van der Waals surface area contributed by atoms with Crippen molar-refractivity contribution in [2.45, 2.75) is 12.4 Å². The molecule has 2 rings (SSSR count). The second-order valence-electron chi connectivity index (χ2n) is 4.37. The maximum Gasteiger partial charge on any atom is 0.573 e. The molecule has 0 radical (unpaired) electrons. The van der Waals surface area contributed by atoms with Crippen LogP contribution in [0, 0.1) is 0 Å². The molecule has 0 saturated heterocycles. The second-order valence-corrected chi connectivity index (χ2v) is 4.37. The normalized spacial score (nSPS) is 12.8. The van der Waals surface area contributed by atoms with Gasteiger partial charge in [-0.15, -0.1) is 13.2 Å². The van der Waals surface area contributed by atoms with E-state index in [9.17, 15) is 13.2 Å². The fraction of sp³-hybridized carbons (Fsp3) is 0.200. The molecule has 6 heteroatoms. The van der Waals surface area contributed by atoms with Crippen LogP contribution in [0.4, 0.5) is 13.2 Å². The van der Waals surface area contributed by atoms with Crippen LogP contribution in [0.2, 0.25) is 0 Å². The highest BCUT2D eigenvalue weighted by Crippen LogP contribution is 2.28. The summed E-state index contributed by atoms with van der Waals surface area (Å²) in [6.45, 7) is 0. The Balaban J connectivity index is 2.26. The molecule has 2 aromatic carbocycles. The summed E-state index contributed by atoms with van der Waals surface area (Å²) in [6.07, 6.45) is -4.72. The van der Waals surface area contributed by atoms with Crippen molar-refractivity contribution in [2.75, 3.05) is 7.11 Å². The van der Waals surface area contributed by atoms with Gasteiger partial charge in [0.25, 0.3) is 0 Å². The zero-order valence-electron chi connectivity index (χ0n) is 11.2. The van der Waals surface area contributed by atoms with Crippen LogP contribution >= 0.6 is 0 Å². The highest BCUT2D eigenvalue weighted by molar-refractivity contribution is 5.39. The van der Waals surface area contributed by atoms with Gasteiger partial charge in [0.05, 0.1) is 13.2 Å². The highest BCUT2D eigenvalue weighted by Gasteiger charge is 2.31. The summed E-state index contributed by atoms with van der Waals surface area (Å²) in [7, 11) is 1.53. The van der Waals surface area contributed by atoms with Crippen LogP contribution in [0.15, 0.2) is 48.5 Å². The van der Waals surface area contributed by atoms with E-state index in [4.69, 9.17) is 10.5 Å². The molecule has 112 valence electrons. The first-order valence-electron chi connectivity index (χ1n) is 6.14. The Bertz CT molecular complexity index is 614. The Labute approximate surface area is 120 Å². The summed E-state index contributed by atoms with van der Waals surface area (Å²) in [5.74, 6) is 0.337. The molecular weight excluding hydrogens is 283 g/mol. The van der Waals surface area contributed by atoms with Crippen molar-refractivity contribution in [3.05, 3.63) is 59.7 Å². The number of methoxy groups -OCH3 is 1. The summed E-state index contributed by atoms with van der Waals surface area (Å²) in [5, 5.41) is 0. The zero-order chi connectivity index (χ0) is 15.5. The molecule has 1 atom stereocenters. The van der Waals surface area contributed by atoms with Crippen LogP contribution in [0.3, 0.4) is 0 Å². The van der Waals surface area contributed by atoms with Gasteiger partial charge in [-0.05, 0) is 35.4 Å². The van der Waals surface area contributed by atoms with E-state index in [0.717, 1.165) is 5.56 Å². The number of halogens is 3. The lowest BCUT2D eigenvalue weighted by Gasteiger charge is -2.15. The molecule has 0 fully saturated rings. The monoisotopic (exact) mass is 297 g/mol. The number of rotatable bonds is 4. The first-order valence-corrected chi connectivity index (χ1v) is 6.14. The van der Waals surface area contributed by atoms with Gasteiger partial charge in [0.2, 0.25) is 0 Å². The molecule has 2 aromatic rings. The van der Waals surface area contributed by atoms with Gasteiger partial charge < -0.3 is 15.2 Å². The van der Waals surface area contributed by atoms with Crippen molar-refractivity contribution in [1.82, 2.24) is 0 Å². The fourth-order valence-corrected chi connectivity index (χ4v) is 1.93. The quantitative estimate of drug-likeness (QED) is 0.937. The molecule has 0 spiro atoms. The number of alkyl halides is 3. The van der Waals surface area contributed by atoms with Gasteiger partial charge in [0, 0.05) is 0 Å². The van der Waals surface area contributed by atoms with Crippen molar-refractivity contribution in [3.63, 3.8) is 0 Å². The minimum Gasteiger partial charge on any atom is -0.497 e. The van der Waals surface area contributed by atoms with Crippen molar-refractivity contribution >= 4 is 0 Å². The van der Waals surface area contributed by atoms with E-state index in [1.165, 1.54) is 25.3 Å². The number of nitrogens with two attached hydrogens (primary N) is 1. The molecule has 0 aliphatic rings. The van der Waals surface area contributed by atoms with Crippen LogP contribution < -0.4 is 15.2 Å². The summed E-state index contributed by atoms with van der Waals surface area (Å²) in [5.41, 5.74) is 7.33. The molecule has 0 aromatic heterocycles. The molecule has 0 bridgehead atoms. The lowest BCUT2D eigenvalue weighted by Crippen LogP contribution is -2.18. The average Bonchev–Trinajstić information content (AvgIpc) is 2.45. The molecule has 3 nitrogen and oxygen atoms in total. The maximum atomic E-state index is 12.2. The number of benzene rings is 2. The Kier molecular flexibility index (Phi) is 4.37. The minimum atomic E-state index is -4.72. The second kappa shape index (κ2) is 6.05. The summed E-state index contributed by atoms with van der Waals surface area (Å²) < 4.78 is 45.7.